The Kier molecular flexibility index (Phi) is 5.59. The van der Waals surface area contributed by atoms with E-state index in [9.17, 15) is 4.79 Å². The van der Waals surface area contributed by atoms with Crippen LogP contribution in [0.5, 0.6) is 0 Å². The fourth-order valence-electron chi connectivity index (χ4n) is 1.19. The number of nitrogens with two attached hydrogens (primary N) is 1. The maximum atomic E-state index is 11.5. The van der Waals surface area contributed by atoms with Gasteiger partial charge in [-0.3, -0.25) is 10.2 Å². The molecule has 1 aromatic rings. The second-order valence-corrected chi connectivity index (χ2v) is 4.79. The van der Waals surface area contributed by atoms with Crippen molar-refractivity contribution in [2.45, 2.75) is 30.0 Å². The van der Waals surface area contributed by atoms with E-state index in [0.29, 0.717) is 10.0 Å². The third-order valence-corrected chi connectivity index (χ3v) is 3.66. The van der Waals surface area contributed by atoms with Crippen molar-refractivity contribution in [2.24, 2.45) is 5.84 Å². The molecule has 0 aliphatic heterocycles. The summed E-state index contributed by atoms with van der Waals surface area (Å²) in [5.74, 6) is 4.93. The van der Waals surface area contributed by atoms with Gasteiger partial charge in [0.25, 0.3) is 0 Å². The molecule has 1 atom stereocenters. The van der Waals surface area contributed by atoms with Gasteiger partial charge >= 0.3 is 0 Å². The van der Waals surface area contributed by atoms with Gasteiger partial charge in [-0.15, -0.1) is 0 Å². The van der Waals surface area contributed by atoms with Gasteiger partial charge in [-0.05, 0) is 18.6 Å². The van der Waals surface area contributed by atoms with Gasteiger partial charge in [-0.2, -0.15) is 0 Å². The lowest BCUT2D eigenvalue weighted by Gasteiger charge is -2.13. The van der Waals surface area contributed by atoms with Crippen LogP contribution in [0, 0.1) is 0 Å². The molecule has 1 unspecified atom stereocenters. The molecule has 16 heavy (non-hydrogen) atoms. The quantitative estimate of drug-likeness (QED) is 0.367. The molecule has 0 aromatic carbocycles. The molecule has 88 valence electrons. The number of hydrazine groups is 1. The fourth-order valence-corrected chi connectivity index (χ4v) is 2.55. The number of aromatic nitrogens is 1. The predicted octanol–water partition coefficient (Wildman–Crippen LogP) is 1.99. The number of carbonyl (C=O) groups excluding carboxylic acids is 1. The second-order valence-electron chi connectivity index (χ2n) is 3.19. The van der Waals surface area contributed by atoms with E-state index in [4.69, 9.17) is 17.4 Å². The van der Waals surface area contributed by atoms with Crippen LogP contribution in [0.15, 0.2) is 23.4 Å². The molecular formula is C10H14ClN3OS. The molecule has 0 spiro atoms. The minimum atomic E-state index is -0.248. The van der Waals surface area contributed by atoms with E-state index < -0.39 is 0 Å². The van der Waals surface area contributed by atoms with Crippen LogP contribution in [0.25, 0.3) is 0 Å². The average Bonchev–Trinajstić information content (AvgIpc) is 2.30. The molecule has 4 nitrogen and oxygen atoms in total. The van der Waals surface area contributed by atoms with Crippen molar-refractivity contribution in [3.8, 4) is 0 Å². The number of hydrogen-bond acceptors (Lipinski definition) is 4. The Hall–Kier alpha value is -0.780. The number of amides is 1. The van der Waals surface area contributed by atoms with Crippen LogP contribution in [0.2, 0.25) is 5.02 Å². The summed E-state index contributed by atoms with van der Waals surface area (Å²) in [4.78, 5) is 15.6. The van der Waals surface area contributed by atoms with Crippen LogP contribution in [0.4, 0.5) is 0 Å². The Bertz CT molecular complexity index is 362. The maximum absolute atomic E-state index is 11.5. The molecule has 0 saturated carbocycles. The lowest BCUT2D eigenvalue weighted by atomic mass is 10.2. The highest BCUT2D eigenvalue weighted by molar-refractivity contribution is 8.00. The number of pyridine rings is 1. The molecule has 0 fully saturated rings. The standard InChI is InChI=1S/C10H14ClN3OS/c1-2-4-8(9(15)14-12)16-10-7(11)5-3-6-13-10/h3,5-6,8H,2,4,12H2,1H3,(H,14,15). The SMILES string of the molecule is CCCC(Sc1ncccc1Cl)C(=O)NN. The van der Waals surface area contributed by atoms with E-state index in [0.717, 1.165) is 12.8 Å². The molecule has 1 amide bonds. The van der Waals surface area contributed by atoms with Crippen LogP contribution in [-0.2, 0) is 4.79 Å². The maximum Gasteiger partial charge on any atom is 0.247 e. The first-order chi connectivity index (χ1) is 7.69. The first-order valence-electron chi connectivity index (χ1n) is 4.96. The molecule has 1 heterocycles. The molecule has 0 aliphatic rings. The summed E-state index contributed by atoms with van der Waals surface area (Å²) in [6, 6.07) is 3.50. The lowest BCUT2D eigenvalue weighted by molar-refractivity contribution is -0.120. The Morgan fingerprint density at radius 3 is 3.06 bits per heavy atom. The zero-order valence-corrected chi connectivity index (χ0v) is 10.5. The Morgan fingerprint density at radius 2 is 2.50 bits per heavy atom. The summed E-state index contributed by atoms with van der Waals surface area (Å²) < 4.78 is 0. The minimum Gasteiger partial charge on any atom is -0.293 e. The smallest absolute Gasteiger partial charge is 0.247 e. The fraction of sp³-hybridized carbons (Fsp3) is 0.400. The first kappa shape index (κ1) is 13.3. The van der Waals surface area contributed by atoms with E-state index in [1.807, 2.05) is 6.92 Å². The number of thioether (sulfide) groups is 1. The molecular weight excluding hydrogens is 246 g/mol. The van der Waals surface area contributed by atoms with Crippen LogP contribution < -0.4 is 11.3 Å². The van der Waals surface area contributed by atoms with E-state index in [-0.39, 0.29) is 11.2 Å². The van der Waals surface area contributed by atoms with Crippen molar-refractivity contribution in [1.82, 2.24) is 10.4 Å². The summed E-state index contributed by atoms with van der Waals surface area (Å²) >= 11 is 7.31. The van der Waals surface area contributed by atoms with Gasteiger partial charge in [-0.1, -0.05) is 36.7 Å². The monoisotopic (exact) mass is 259 g/mol. The second kappa shape index (κ2) is 6.73. The van der Waals surface area contributed by atoms with Crippen molar-refractivity contribution in [1.29, 1.82) is 0 Å². The zero-order valence-electron chi connectivity index (χ0n) is 8.94. The summed E-state index contributed by atoms with van der Waals surface area (Å²) in [5, 5.41) is 0.965. The first-order valence-corrected chi connectivity index (χ1v) is 6.22. The normalized spacial score (nSPS) is 12.2. The van der Waals surface area contributed by atoms with Gasteiger partial charge < -0.3 is 0 Å². The minimum absolute atomic E-state index is 0.200. The number of carbonyl (C=O) groups is 1. The van der Waals surface area contributed by atoms with Crippen molar-refractivity contribution in [3.05, 3.63) is 23.4 Å². The largest absolute Gasteiger partial charge is 0.293 e. The van der Waals surface area contributed by atoms with Crippen LogP contribution in [0.3, 0.4) is 0 Å². The van der Waals surface area contributed by atoms with Crippen molar-refractivity contribution in [2.75, 3.05) is 0 Å². The highest BCUT2D eigenvalue weighted by Gasteiger charge is 2.19. The van der Waals surface area contributed by atoms with E-state index in [1.165, 1.54) is 11.8 Å². The molecule has 0 radical (unpaired) electrons. The molecule has 6 heteroatoms. The van der Waals surface area contributed by atoms with Gasteiger partial charge in [0.2, 0.25) is 5.91 Å². The molecule has 0 saturated heterocycles. The number of nitrogens with one attached hydrogen (secondary N) is 1. The van der Waals surface area contributed by atoms with Gasteiger partial charge in [-0.25, -0.2) is 10.8 Å². The number of hydrogen-bond donors (Lipinski definition) is 2. The van der Waals surface area contributed by atoms with Gasteiger partial charge in [0, 0.05) is 6.20 Å². The Balaban J connectivity index is 2.75. The molecule has 1 aromatic heterocycles. The van der Waals surface area contributed by atoms with Gasteiger partial charge in [0.1, 0.15) is 5.03 Å². The highest BCUT2D eigenvalue weighted by atomic mass is 35.5. The average molecular weight is 260 g/mol. The van der Waals surface area contributed by atoms with Crippen LogP contribution in [0.1, 0.15) is 19.8 Å². The third kappa shape index (κ3) is 3.66. The summed E-state index contributed by atoms with van der Waals surface area (Å²) in [6.07, 6.45) is 3.29. The summed E-state index contributed by atoms with van der Waals surface area (Å²) in [7, 11) is 0. The van der Waals surface area contributed by atoms with E-state index in [2.05, 4.69) is 10.4 Å². The summed E-state index contributed by atoms with van der Waals surface area (Å²) in [6.45, 7) is 2.01. The third-order valence-electron chi connectivity index (χ3n) is 1.96. The molecule has 0 bridgehead atoms. The Labute approximate surface area is 104 Å². The van der Waals surface area contributed by atoms with Crippen LogP contribution in [-0.4, -0.2) is 16.1 Å². The Morgan fingerprint density at radius 1 is 1.75 bits per heavy atom. The molecule has 3 N–H and O–H groups in total. The van der Waals surface area contributed by atoms with Crippen LogP contribution >= 0.6 is 23.4 Å². The van der Waals surface area contributed by atoms with E-state index in [1.54, 1.807) is 18.3 Å². The number of rotatable bonds is 5. The van der Waals surface area contributed by atoms with Gasteiger partial charge in [0.15, 0.2) is 0 Å². The van der Waals surface area contributed by atoms with Crippen molar-refractivity contribution in [3.63, 3.8) is 0 Å². The lowest BCUT2D eigenvalue weighted by Crippen LogP contribution is -2.37. The zero-order chi connectivity index (χ0) is 12.0. The van der Waals surface area contributed by atoms with E-state index >= 15 is 0 Å². The number of halogens is 1. The molecule has 1 rings (SSSR count). The topological polar surface area (TPSA) is 68.0 Å². The summed E-state index contributed by atoms with van der Waals surface area (Å²) in [5.41, 5.74) is 2.16. The van der Waals surface area contributed by atoms with Crippen molar-refractivity contribution >= 4 is 29.3 Å². The molecule has 0 aliphatic carbocycles. The predicted molar refractivity (Wildman–Crippen MR) is 66.1 cm³/mol. The highest BCUT2D eigenvalue weighted by Crippen LogP contribution is 2.29. The van der Waals surface area contributed by atoms with Crippen molar-refractivity contribution < 1.29 is 4.79 Å². The number of nitrogens with zero attached hydrogens (tertiary/aromatic N) is 1. The van der Waals surface area contributed by atoms with Gasteiger partial charge in [0.05, 0.1) is 10.3 Å².